The maximum Gasteiger partial charge on any atom is 0.344 e. The van der Waals surface area contributed by atoms with E-state index in [9.17, 15) is 19.2 Å². The Labute approximate surface area is 195 Å². The molecule has 4 rings (SSSR count). The number of fused-ring (bicyclic) bond motifs is 5. The summed E-state index contributed by atoms with van der Waals surface area (Å²) < 4.78 is 10.9. The Morgan fingerprint density at radius 2 is 1.88 bits per heavy atom. The molecule has 0 bridgehead atoms. The van der Waals surface area contributed by atoms with Gasteiger partial charge in [-0.3, -0.25) is 14.4 Å². The number of aliphatic carboxylic acids is 1. The Balaban J connectivity index is 1.41. The molecule has 0 amide bonds. The summed E-state index contributed by atoms with van der Waals surface area (Å²) in [5, 5.41) is 8.66. The first-order valence-corrected chi connectivity index (χ1v) is 12.5. The van der Waals surface area contributed by atoms with Gasteiger partial charge in [-0.05, 0) is 80.6 Å². The van der Waals surface area contributed by atoms with Crippen molar-refractivity contribution in [2.45, 2.75) is 84.2 Å². The van der Waals surface area contributed by atoms with E-state index >= 15 is 0 Å². The number of ketones is 1. The second kappa shape index (κ2) is 9.59. The fraction of sp³-hybridized carbons (Fsp3) is 0.769. The minimum Gasteiger partial charge on any atom is -0.481 e. The van der Waals surface area contributed by atoms with Gasteiger partial charge in [0.05, 0.1) is 12.8 Å². The number of esters is 2. The largest absolute Gasteiger partial charge is 0.481 e. The van der Waals surface area contributed by atoms with Gasteiger partial charge in [-0.1, -0.05) is 19.4 Å². The van der Waals surface area contributed by atoms with Crippen LogP contribution in [-0.2, 0) is 28.7 Å². The van der Waals surface area contributed by atoms with Gasteiger partial charge in [-0.25, -0.2) is 4.79 Å². The van der Waals surface area contributed by atoms with E-state index in [-0.39, 0.29) is 36.1 Å². The molecule has 0 radical (unpaired) electrons. The molecular weight excluding hydrogens is 424 g/mol. The Hall–Kier alpha value is -2.18. The van der Waals surface area contributed by atoms with Crippen molar-refractivity contribution < 1.29 is 33.8 Å². The van der Waals surface area contributed by atoms with Gasteiger partial charge in [0.1, 0.15) is 6.10 Å². The molecule has 0 aromatic rings. The van der Waals surface area contributed by atoms with Crippen LogP contribution in [0.2, 0.25) is 0 Å². The van der Waals surface area contributed by atoms with Gasteiger partial charge >= 0.3 is 17.9 Å². The third kappa shape index (κ3) is 4.73. The van der Waals surface area contributed by atoms with Crippen molar-refractivity contribution in [2.75, 3.05) is 6.61 Å². The molecule has 1 N–H and O–H groups in total. The molecule has 0 aromatic heterocycles. The van der Waals surface area contributed by atoms with E-state index in [0.29, 0.717) is 30.1 Å². The normalized spacial score (nSPS) is 37.3. The van der Waals surface area contributed by atoms with Crippen molar-refractivity contribution in [3.63, 3.8) is 0 Å². The molecule has 3 fully saturated rings. The minimum atomic E-state index is -1.08. The highest BCUT2D eigenvalue weighted by molar-refractivity contribution is 5.91. The zero-order valence-electron chi connectivity index (χ0n) is 19.7. The lowest BCUT2D eigenvalue weighted by Crippen LogP contribution is -2.49. The van der Waals surface area contributed by atoms with Crippen LogP contribution in [0.3, 0.4) is 0 Å². The van der Waals surface area contributed by atoms with Crippen LogP contribution in [-0.4, -0.2) is 41.5 Å². The summed E-state index contributed by atoms with van der Waals surface area (Å²) in [7, 11) is 0. The molecule has 7 atom stereocenters. The molecular formula is C26H36O7. The van der Waals surface area contributed by atoms with E-state index in [1.165, 1.54) is 5.57 Å². The van der Waals surface area contributed by atoms with Gasteiger partial charge < -0.3 is 14.6 Å². The predicted octanol–water partition coefficient (Wildman–Crippen LogP) is 4.08. The number of allylic oxidation sites excluding steroid dienone is 1. The smallest absolute Gasteiger partial charge is 0.344 e. The number of hydrogen-bond donors (Lipinski definition) is 1. The lowest BCUT2D eigenvalue weighted by atomic mass is 9.52. The SMILES string of the molecule is CC[C@H]1C[C@H]2[C@@H]3CCC4=CC(=O)CC[C@@H]4[C@H]3CC[C@]2(C)[C@H]1OC(=O)COC(=O)CCC(=O)O. The average molecular weight is 461 g/mol. The summed E-state index contributed by atoms with van der Waals surface area (Å²) in [5.74, 6) is 0.502. The van der Waals surface area contributed by atoms with Gasteiger partial charge in [0.25, 0.3) is 0 Å². The van der Waals surface area contributed by atoms with E-state index in [4.69, 9.17) is 14.6 Å². The second-order valence-electron chi connectivity index (χ2n) is 10.7. The first-order chi connectivity index (χ1) is 15.7. The zero-order valence-corrected chi connectivity index (χ0v) is 19.7. The summed E-state index contributed by atoms with van der Waals surface area (Å²) in [5.41, 5.74) is 1.28. The Morgan fingerprint density at radius 3 is 2.61 bits per heavy atom. The topological polar surface area (TPSA) is 107 Å². The summed E-state index contributed by atoms with van der Waals surface area (Å²) in [6.07, 6.45) is 9.02. The second-order valence-corrected chi connectivity index (χ2v) is 10.7. The highest BCUT2D eigenvalue weighted by Gasteiger charge is 2.60. The van der Waals surface area contributed by atoms with Crippen molar-refractivity contribution in [1.82, 2.24) is 0 Å². The summed E-state index contributed by atoms with van der Waals surface area (Å²) in [6.45, 7) is 3.95. The summed E-state index contributed by atoms with van der Waals surface area (Å²) >= 11 is 0. The molecule has 0 spiro atoms. The van der Waals surface area contributed by atoms with E-state index in [1.54, 1.807) is 0 Å². The number of hydrogen-bond acceptors (Lipinski definition) is 6. The van der Waals surface area contributed by atoms with E-state index in [1.807, 2.05) is 6.08 Å². The molecule has 7 heteroatoms. The maximum atomic E-state index is 12.6. The quantitative estimate of drug-likeness (QED) is 0.570. The zero-order chi connectivity index (χ0) is 23.8. The van der Waals surface area contributed by atoms with Gasteiger partial charge in [0, 0.05) is 11.8 Å². The molecule has 33 heavy (non-hydrogen) atoms. The Kier molecular flexibility index (Phi) is 6.96. The number of carbonyl (C=O) groups is 4. The van der Waals surface area contributed by atoms with Gasteiger partial charge in [0.15, 0.2) is 12.4 Å². The van der Waals surface area contributed by atoms with Crippen LogP contribution in [0.5, 0.6) is 0 Å². The van der Waals surface area contributed by atoms with Crippen LogP contribution in [0.1, 0.15) is 78.1 Å². The van der Waals surface area contributed by atoms with Crippen molar-refractivity contribution in [3.8, 4) is 0 Å². The number of carbonyl (C=O) groups excluding carboxylic acids is 3. The van der Waals surface area contributed by atoms with Crippen molar-refractivity contribution in [3.05, 3.63) is 11.6 Å². The predicted molar refractivity (Wildman–Crippen MR) is 119 cm³/mol. The lowest BCUT2D eigenvalue weighted by molar-refractivity contribution is -0.171. The monoisotopic (exact) mass is 460 g/mol. The van der Waals surface area contributed by atoms with Gasteiger partial charge in [-0.15, -0.1) is 0 Å². The average Bonchev–Trinajstić information content (AvgIpc) is 3.07. The van der Waals surface area contributed by atoms with E-state index in [2.05, 4.69) is 13.8 Å². The maximum absolute atomic E-state index is 12.6. The molecule has 0 heterocycles. The molecule has 0 saturated heterocycles. The molecule has 0 unspecified atom stereocenters. The van der Waals surface area contributed by atoms with Crippen LogP contribution < -0.4 is 0 Å². The van der Waals surface area contributed by atoms with Crippen LogP contribution >= 0.6 is 0 Å². The summed E-state index contributed by atoms with van der Waals surface area (Å²) in [6, 6.07) is 0. The highest BCUT2D eigenvalue weighted by atomic mass is 16.6. The number of carboxylic acid groups (broad SMARTS) is 1. The Bertz CT molecular complexity index is 846. The fourth-order valence-electron chi connectivity index (χ4n) is 7.52. The summed E-state index contributed by atoms with van der Waals surface area (Å²) in [4.78, 5) is 46.7. The van der Waals surface area contributed by atoms with Crippen molar-refractivity contribution in [2.24, 2.45) is 35.0 Å². The molecule has 182 valence electrons. The Morgan fingerprint density at radius 1 is 1.09 bits per heavy atom. The molecule has 0 aliphatic heterocycles. The molecule has 4 aliphatic rings. The molecule has 0 aromatic carbocycles. The van der Waals surface area contributed by atoms with Crippen LogP contribution in [0.15, 0.2) is 11.6 Å². The van der Waals surface area contributed by atoms with E-state index in [0.717, 1.165) is 44.9 Å². The van der Waals surface area contributed by atoms with Crippen molar-refractivity contribution in [1.29, 1.82) is 0 Å². The highest BCUT2D eigenvalue weighted by Crippen LogP contribution is 2.64. The number of carboxylic acids is 1. The molecule has 4 aliphatic carbocycles. The first-order valence-electron chi connectivity index (χ1n) is 12.5. The van der Waals surface area contributed by atoms with Crippen molar-refractivity contribution >= 4 is 23.7 Å². The molecule has 7 nitrogen and oxygen atoms in total. The van der Waals surface area contributed by atoms with Gasteiger partial charge in [-0.2, -0.15) is 0 Å². The first kappa shape index (κ1) is 24.0. The van der Waals surface area contributed by atoms with Crippen LogP contribution in [0, 0.1) is 35.0 Å². The van der Waals surface area contributed by atoms with E-state index < -0.39 is 24.5 Å². The third-order valence-electron chi connectivity index (χ3n) is 9.05. The fourth-order valence-corrected chi connectivity index (χ4v) is 7.52. The number of rotatable bonds is 7. The minimum absolute atomic E-state index is 0.0868. The van der Waals surface area contributed by atoms with Gasteiger partial charge in [0.2, 0.25) is 0 Å². The standard InChI is InChI=1S/C26H36O7/c1-3-15-13-21-20-6-4-16-12-17(27)5-7-18(16)19(20)10-11-26(21,2)25(15)33-24(31)14-32-23(30)9-8-22(28)29/h12,15,18-21,25H,3-11,13-14H2,1-2H3,(H,28,29)/t15-,18-,19+,20+,21-,25-,26-/m0/s1. The third-order valence-corrected chi connectivity index (χ3v) is 9.05. The number of ether oxygens (including phenoxy) is 2. The molecule has 3 saturated carbocycles. The van der Waals surface area contributed by atoms with Crippen LogP contribution in [0.4, 0.5) is 0 Å². The lowest BCUT2D eigenvalue weighted by Gasteiger charge is -2.53. The van der Waals surface area contributed by atoms with Crippen LogP contribution in [0.25, 0.3) is 0 Å².